The van der Waals surface area contributed by atoms with Crippen LogP contribution in [-0.4, -0.2) is 38.4 Å². The van der Waals surface area contributed by atoms with Crippen LogP contribution in [0.1, 0.15) is 35.9 Å². The van der Waals surface area contributed by atoms with Crippen LogP contribution in [0.2, 0.25) is 5.02 Å². The van der Waals surface area contributed by atoms with Crippen molar-refractivity contribution in [3.8, 4) is 11.3 Å². The second kappa shape index (κ2) is 10.1. The Bertz CT molecular complexity index is 1270. The van der Waals surface area contributed by atoms with E-state index in [9.17, 15) is 4.79 Å². The van der Waals surface area contributed by atoms with Gasteiger partial charge in [0.15, 0.2) is 5.16 Å². The van der Waals surface area contributed by atoms with E-state index in [1.165, 1.54) is 17.3 Å². The average Bonchev–Trinajstić information content (AvgIpc) is 3.46. The van der Waals surface area contributed by atoms with Gasteiger partial charge in [-0.25, -0.2) is 0 Å². The van der Waals surface area contributed by atoms with Crippen LogP contribution in [0.3, 0.4) is 0 Å². The third kappa shape index (κ3) is 5.37. The Morgan fingerprint density at radius 3 is 2.59 bits per heavy atom. The van der Waals surface area contributed by atoms with Crippen molar-refractivity contribution in [2.45, 2.75) is 37.0 Å². The van der Waals surface area contributed by atoms with Gasteiger partial charge in [0.25, 0.3) is 0 Å². The SMILES string of the molecule is CN(Cc1ccc(-c2ccc(Cl)cc2)o1)C(=O)CSc1nnc(C2CC2)n1Cc1ccccc1. The quantitative estimate of drug-likeness (QED) is 0.273. The van der Waals surface area contributed by atoms with Gasteiger partial charge in [-0.05, 0) is 54.8 Å². The van der Waals surface area contributed by atoms with Crippen LogP contribution in [0.4, 0.5) is 0 Å². The molecule has 4 aromatic rings. The van der Waals surface area contributed by atoms with Crippen LogP contribution in [0, 0.1) is 0 Å². The predicted molar refractivity (Wildman–Crippen MR) is 134 cm³/mol. The number of furan rings is 1. The highest BCUT2D eigenvalue weighted by Crippen LogP contribution is 2.40. The number of halogens is 1. The Hall–Kier alpha value is -3.03. The first kappa shape index (κ1) is 22.7. The molecule has 0 aliphatic heterocycles. The van der Waals surface area contributed by atoms with E-state index in [0.29, 0.717) is 29.8 Å². The summed E-state index contributed by atoms with van der Waals surface area (Å²) < 4.78 is 8.11. The standard InChI is InChI=1S/C26H25ClN4O2S/c1-30(16-22-13-14-23(33-22)19-9-11-21(27)12-10-19)24(32)17-34-26-29-28-25(20-7-8-20)31(26)15-18-5-3-2-4-6-18/h2-6,9-14,20H,7-8,15-17H2,1H3. The average molecular weight is 493 g/mol. The summed E-state index contributed by atoms with van der Waals surface area (Å²) >= 11 is 7.40. The molecule has 2 heterocycles. The first-order valence-electron chi connectivity index (χ1n) is 11.3. The maximum atomic E-state index is 12.8. The van der Waals surface area contributed by atoms with Crippen molar-refractivity contribution in [2.75, 3.05) is 12.8 Å². The summed E-state index contributed by atoms with van der Waals surface area (Å²) in [5.74, 6) is 3.29. The second-order valence-electron chi connectivity index (χ2n) is 8.50. The molecule has 0 bridgehead atoms. The fourth-order valence-electron chi connectivity index (χ4n) is 3.76. The lowest BCUT2D eigenvalue weighted by Crippen LogP contribution is -2.27. The van der Waals surface area contributed by atoms with E-state index >= 15 is 0 Å². The molecule has 0 unspecified atom stereocenters. The molecule has 0 radical (unpaired) electrons. The Morgan fingerprint density at radius 1 is 1.09 bits per heavy atom. The van der Waals surface area contributed by atoms with Gasteiger partial charge in [-0.2, -0.15) is 0 Å². The van der Waals surface area contributed by atoms with Crippen molar-refractivity contribution in [1.82, 2.24) is 19.7 Å². The van der Waals surface area contributed by atoms with Crippen molar-refractivity contribution in [3.05, 3.63) is 88.9 Å². The van der Waals surface area contributed by atoms with Crippen LogP contribution >= 0.6 is 23.4 Å². The van der Waals surface area contributed by atoms with Gasteiger partial charge in [0.05, 0.1) is 18.8 Å². The zero-order valence-corrected chi connectivity index (χ0v) is 20.4. The van der Waals surface area contributed by atoms with Gasteiger partial charge < -0.3 is 13.9 Å². The molecule has 1 aliphatic rings. The maximum absolute atomic E-state index is 12.8. The lowest BCUT2D eigenvalue weighted by Gasteiger charge is -2.16. The minimum Gasteiger partial charge on any atom is -0.459 e. The monoisotopic (exact) mass is 492 g/mol. The molecule has 0 spiro atoms. The summed E-state index contributed by atoms with van der Waals surface area (Å²) in [6.07, 6.45) is 2.31. The van der Waals surface area contributed by atoms with E-state index in [1.807, 2.05) is 54.6 Å². The van der Waals surface area contributed by atoms with Gasteiger partial charge in [-0.15, -0.1) is 10.2 Å². The number of hydrogen-bond donors (Lipinski definition) is 0. The molecular weight excluding hydrogens is 468 g/mol. The molecule has 0 N–H and O–H groups in total. The smallest absolute Gasteiger partial charge is 0.233 e. The minimum atomic E-state index is 0.0108. The number of rotatable bonds is 9. The maximum Gasteiger partial charge on any atom is 0.233 e. The van der Waals surface area contributed by atoms with E-state index in [0.717, 1.165) is 40.9 Å². The molecular formula is C26H25ClN4O2S. The van der Waals surface area contributed by atoms with Crippen molar-refractivity contribution >= 4 is 29.3 Å². The zero-order chi connectivity index (χ0) is 23.5. The van der Waals surface area contributed by atoms with Crippen LogP contribution in [0.5, 0.6) is 0 Å². The highest BCUT2D eigenvalue weighted by atomic mass is 35.5. The molecule has 2 aromatic carbocycles. The molecule has 8 heteroatoms. The number of carbonyl (C=O) groups excluding carboxylic acids is 1. The van der Waals surface area contributed by atoms with Gasteiger partial charge in [0.1, 0.15) is 17.3 Å². The fraction of sp³-hybridized carbons (Fsp3) is 0.269. The summed E-state index contributed by atoms with van der Waals surface area (Å²) in [6.45, 7) is 1.11. The summed E-state index contributed by atoms with van der Waals surface area (Å²) in [4.78, 5) is 14.5. The number of amides is 1. The highest BCUT2D eigenvalue weighted by Gasteiger charge is 2.30. The van der Waals surface area contributed by atoms with Gasteiger partial charge >= 0.3 is 0 Å². The Labute approximate surface area is 207 Å². The predicted octanol–water partition coefficient (Wildman–Crippen LogP) is 5.87. The Morgan fingerprint density at radius 2 is 1.85 bits per heavy atom. The van der Waals surface area contributed by atoms with Gasteiger partial charge in [0, 0.05) is 23.6 Å². The van der Waals surface area contributed by atoms with Crippen molar-refractivity contribution in [3.63, 3.8) is 0 Å². The van der Waals surface area contributed by atoms with Crippen molar-refractivity contribution in [1.29, 1.82) is 0 Å². The first-order chi connectivity index (χ1) is 16.6. The number of aromatic nitrogens is 3. The first-order valence-corrected chi connectivity index (χ1v) is 12.6. The molecule has 6 nitrogen and oxygen atoms in total. The van der Waals surface area contributed by atoms with Gasteiger partial charge in [-0.3, -0.25) is 4.79 Å². The lowest BCUT2D eigenvalue weighted by molar-refractivity contribution is -0.127. The molecule has 2 aromatic heterocycles. The number of carbonyl (C=O) groups is 1. The molecule has 1 aliphatic carbocycles. The van der Waals surface area contributed by atoms with Gasteiger partial charge in [-0.1, -0.05) is 53.7 Å². The van der Waals surface area contributed by atoms with E-state index in [4.69, 9.17) is 16.0 Å². The highest BCUT2D eigenvalue weighted by molar-refractivity contribution is 7.99. The molecule has 174 valence electrons. The molecule has 0 atom stereocenters. The van der Waals surface area contributed by atoms with E-state index < -0.39 is 0 Å². The zero-order valence-electron chi connectivity index (χ0n) is 18.9. The summed E-state index contributed by atoms with van der Waals surface area (Å²) in [5.41, 5.74) is 2.15. The van der Waals surface area contributed by atoms with E-state index in [1.54, 1.807) is 11.9 Å². The van der Waals surface area contributed by atoms with Crippen LogP contribution in [0.15, 0.2) is 76.3 Å². The number of nitrogens with zero attached hydrogens (tertiary/aromatic N) is 4. The van der Waals surface area contributed by atoms with Crippen molar-refractivity contribution in [2.24, 2.45) is 0 Å². The second-order valence-corrected chi connectivity index (χ2v) is 9.88. The Kier molecular flexibility index (Phi) is 6.74. The minimum absolute atomic E-state index is 0.0108. The third-order valence-electron chi connectivity index (χ3n) is 5.81. The largest absolute Gasteiger partial charge is 0.459 e. The number of hydrogen-bond acceptors (Lipinski definition) is 5. The third-order valence-corrected chi connectivity index (χ3v) is 7.01. The topological polar surface area (TPSA) is 64.2 Å². The lowest BCUT2D eigenvalue weighted by atomic mass is 10.2. The number of benzene rings is 2. The Balaban J connectivity index is 1.21. The molecule has 5 rings (SSSR count). The molecule has 34 heavy (non-hydrogen) atoms. The van der Waals surface area contributed by atoms with E-state index in [2.05, 4.69) is 26.9 Å². The van der Waals surface area contributed by atoms with Crippen molar-refractivity contribution < 1.29 is 9.21 Å². The molecule has 1 amide bonds. The van der Waals surface area contributed by atoms with Gasteiger partial charge in [0.2, 0.25) is 5.91 Å². The fourth-order valence-corrected chi connectivity index (χ4v) is 4.77. The normalized spacial score (nSPS) is 13.2. The number of thioether (sulfide) groups is 1. The van der Waals surface area contributed by atoms with Crippen LogP contribution < -0.4 is 0 Å². The molecule has 0 saturated heterocycles. The van der Waals surface area contributed by atoms with Crippen LogP contribution in [0.25, 0.3) is 11.3 Å². The van der Waals surface area contributed by atoms with E-state index in [-0.39, 0.29) is 5.91 Å². The summed E-state index contributed by atoms with van der Waals surface area (Å²) in [5, 5.41) is 10.3. The van der Waals surface area contributed by atoms with Crippen LogP contribution in [-0.2, 0) is 17.9 Å². The summed E-state index contributed by atoms with van der Waals surface area (Å²) in [7, 11) is 1.79. The molecule has 1 fully saturated rings. The molecule has 1 saturated carbocycles. The summed E-state index contributed by atoms with van der Waals surface area (Å²) in [6, 6.07) is 21.6.